The van der Waals surface area contributed by atoms with Crippen molar-refractivity contribution < 1.29 is 14.0 Å². The van der Waals surface area contributed by atoms with Crippen molar-refractivity contribution in [3.05, 3.63) is 0 Å². The summed E-state index contributed by atoms with van der Waals surface area (Å²) in [5, 5.41) is 0.0909. The molecule has 0 N–H and O–H groups in total. The molecule has 3 nitrogen and oxygen atoms in total. The maximum absolute atomic E-state index is 11.5. The second kappa shape index (κ2) is 7.00. The van der Waals surface area contributed by atoms with Crippen molar-refractivity contribution in [3.63, 3.8) is 0 Å². The Bertz CT molecular complexity index is 284. The Morgan fingerprint density at radius 2 is 1.74 bits per heavy atom. The molecule has 0 fully saturated rings. The van der Waals surface area contributed by atoms with Crippen LogP contribution in [-0.2, 0) is 14.0 Å². The van der Waals surface area contributed by atoms with E-state index < -0.39 is 20.0 Å². The molecule has 114 valence electrons. The summed E-state index contributed by atoms with van der Waals surface area (Å²) < 4.78 is 11.9. The number of ether oxygens (including phenoxy) is 1. The molecule has 0 aliphatic carbocycles. The van der Waals surface area contributed by atoms with Gasteiger partial charge in [-0.15, -0.1) is 0 Å². The molecule has 0 amide bonds. The van der Waals surface area contributed by atoms with E-state index in [1.54, 1.807) is 7.11 Å². The van der Waals surface area contributed by atoms with E-state index in [0.29, 0.717) is 0 Å². The quantitative estimate of drug-likeness (QED) is 0.497. The van der Waals surface area contributed by atoms with E-state index in [1.807, 2.05) is 6.92 Å². The van der Waals surface area contributed by atoms with E-state index >= 15 is 0 Å². The number of hydrogen-bond donors (Lipinski definition) is 0. The molecule has 0 saturated carbocycles. The molecule has 0 heterocycles. The lowest BCUT2D eigenvalue weighted by atomic mass is 9.93. The van der Waals surface area contributed by atoms with Gasteiger partial charge in [0.2, 0.25) is 0 Å². The molecule has 0 aromatic heterocycles. The highest BCUT2D eigenvalue weighted by molar-refractivity contribution is 6.74. The minimum Gasteiger partial charge on any atom is -0.404 e. The van der Waals surface area contributed by atoms with Crippen LogP contribution < -0.4 is 0 Å². The second-order valence-electron chi connectivity index (χ2n) is 7.06. The fourth-order valence-electron chi connectivity index (χ4n) is 1.68. The first-order chi connectivity index (χ1) is 8.54. The maximum atomic E-state index is 11.5. The average molecular weight is 289 g/mol. The fourth-order valence-corrected chi connectivity index (χ4v) is 2.97. The smallest absolute Gasteiger partial charge is 0.193 e. The predicted molar refractivity (Wildman–Crippen MR) is 83.1 cm³/mol. The molecule has 0 spiro atoms. The Hall–Kier alpha value is -0.193. The summed E-state index contributed by atoms with van der Waals surface area (Å²) in [5.41, 5.74) is -0.521. The lowest BCUT2D eigenvalue weighted by Gasteiger charge is -2.43. The number of rotatable bonds is 8. The standard InChI is InChI=1S/C15H32O3Si/c1-9-10-11-15(5,17-6)13(12-16)18-19(7,8)14(2,3)4/h12-13H,9-11H2,1-8H3/t13-,15-/m1/s1. The van der Waals surface area contributed by atoms with Gasteiger partial charge in [-0.3, -0.25) is 0 Å². The van der Waals surface area contributed by atoms with E-state index in [-0.39, 0.29) is 5.04 Å². The number of carbonyl (C=O) groups excluding carboxylic acids is 1. The Balaban J connectivity index is 5.04. The van der Waals surface area contributed by atoms with Gasteiger partial charge in [0.25, 0.3) is 0 Å². The topological polar surface area (TPSA) is 35.5 Å². The summed E-state index contributed by atoms with van der Waals surface area (Å²) in [6, 6.07) is 0. The normalized spacial score (nSPS) is 17.9. The van der Waals surface area contributed by atoms with Gasteiger partial charge in [0.1, 0.15) is 12.4 Å². The van der Waals surface area contributed by atoms with Crippen molar-refractivity contribution in [1.82, 2.24) is 0 Å². The van der Waals surface area contributed by atoms with Crippen LogP contribution in [0.25, 0.3) is 0 Å². The van der Waals surface area contributed by atoms with Gasteiger partial charge >= 0.3 is 0 Å². The van der Waals surface area contributed by atoms with Gasteiger partial charge in [-0.1, -0.05) is 40.5 Å². The van der Waals surface area contributed by atoms with E-state index in [2.05, 4.69) is 40.8 Å². The zero-order valence-corrected chi connectivity index (χ0v) is 15.0. The zero-order valence-electron chi connectivity index (χ0n) is 14.0. The molecule has 0 radical (unpaired) electrons. The fraction of sp³-hybridized carbons (Fsp3) is 0.933. The van der Waals surface area contributed by atoms with Crippen molar-refractivity contribution >= 4 is 14.6 Å². The molecule has 0 bridgehead atoms. The lowest BCUT2D eigenvalue weighted by Crippen LogP contribution is -2.52. The van der Waals surface area contributed by atoms with Crippen LogP contribution in [0.3, 0.4) is 0 Å². The van der Waals surface area contributed by atoms with Crippen LogP contribution in [0, 0.1) is 0 Å². The van der Waals surface area contributed by atoms with Crippen LogP contribution in [0.15, 0.2) is 0 Å². The number of unbranched alkanes of at least 4 members (excludes halogenated alkanes) is 1. The monoisotopic (exact) mass is 288 g/mol. The van der Waals surface area contributed by atoms with Crippen molar-refractivity contribution in [2.45, 2.75) is 83.7 Å². The summed E-state index contributed by atoms with van der Waals surface area (Å²) in [5.74, 6) is 0. The van der Waals surface area contributed by atoms with Gasteiger partial charge in [-0.25, -0.2) is 0 Å². The molecular weight excluding hydrogens is 256 g/mol. The zero-order chi connectivity index (χ0) is 15.3. The van der Waals surface area contributed by atoms with Gasteiger partial charge in [0.05, 0.1) is 5.60 Å². The number of carbonyl (C=O) groups is 1. The van der Waals surface area contributed by atoms with Crippen LogP contribution >= 0.6 is 0 Å². The second-order valence-corrected chi connectivity index (χ2v) is 11.8. The molecule has 0 unspecified atom stereocenters. The highest BCUT2D eigenvalue weighted by Gasteiger charge is 2.44. The van der Waals surface area contributed by atoms with Crippen molar-refractivity contribution in [3.8, 4) is 0 Å². The highest BCUT2D eigenvalue weighted by Crippen LogP contribution is 2.39. The SMILES string of the molecule is CCCC[C@@](C)(OC)[C@@H](C=O)O[Si](C)(C)C(C)(C)C. The number of methoxy groups -OCH3 is 1. The summed E-state index contributed by atoms with van der Waals surface area (Å²) in [6.45, 7) is 15.0. The summed E-state index contributed by atoms with van der Waals surface area (Å²) in [6.07, 6.45) is 3.41. The summed E-state index contributed by atoms with van der Waals surface area (Å²) in [4.78, 5) is 11.5. The molecule has 0 aromatic rings. The van der Waals surface area contributed by atoms with Gasteiger partial charge in [0.15, 0.2) is 8.32 Å². The minimum atomic E-state index is -1.97. The molecule has 0 aromatic carbocycles. The van der Waals surface area contributed by atoms with Crippen LogP contribution in [0.1, 0.15) is 53.9 Å². The van der Waals surface area contributed by atoms with E-state index in [0.717, 1.165) is 25.5 Å². The molecule has 19 heavy (non-hydrogen) atoms. The Morgan fingerprint density at radius 3 is 2.05 bits per heavy atom. The van der Waals surface area contributed by atoms with E-state index in [9.17, 15) is 4.79 Å². The van der Waals surface area contributed by atoms with Crippen molar-refractivity contribution in [2.75, 3.05) is 7.11 Å². The number of hydrogen-bond acceptors (Lipinski definition) is 3. The molecule has 0 aliphatic heterocycles. The first-order valence-corrected chi connectivity index (χ1v) is 10.1. The van der Waals surface area contributed by atoms with Crippen LogP contribution in [-0.4, -0.2) is 33.4 Å². The third-order valence-electron chi connectivity index (χ3n) is 4.45. The first kappa shape index (κ1) is 18.8. The molecule has 4 heteroatoms. The Kier molecular flexibility index (Phi) is 6.93. The van der Waals surface area contributed by atoms with Crippen molar-refractivity contribution in [1.29, 1.82) is 0 Å². The van der Waals surface area contributed by atoms with Gasteiger partial charge in [0, 0.05) is 7.11 Å². The van der Waals surface area contributed by atoms with Gasteiger partial charge in [-0.05, 0) is 31.5 Å². The largest absolute Gasteiger partial charge is 0.404 e. The van der Waals surface area contributed by atoms with Gasteiger partial charge < -0.3 is 14.0 Å². The van der Waals surface area contributed by atoms with Crippen molar-refractivity contribution in [2.24, 2.45) is 0 Å². The first-order valence-electron chi connectivity index (χ1n) is 7.22. The summed E-state index contributed by atoms with van der Waals surface area (Å²) >= 11 is 0. The van der Waals surface area contributed by atoms with Crippen LogP contribution in [0.2, 0.25) is 18.1 Å². The molecule has 2 atom stereocenters. The third-order valence-corrected chi connectivity index (χ3v) is 8.90. The molecule has 0 rings (SSSR count). The maximum Gasteiger partial charge on any atom is 0.193 e. The van der Waals surface area contributed by atoms with Crippen LogP contribution in [0.5, 0.6) is 0 Å². The third kappa shape index (κ3) is 5.01. The average Bonchev–Trinajstić information content (AvgIpc) is 2.31. The minimum absolute atomic E-state index is 0.0909. The Morgan fingerprint density at radius 1 is 1.21 bits per heavy atom. The molecular formula is C15H32O3Si. The highest BCUT2D eigenvalue weighted by atomic mass is 28.4. The predicted octanol–water partition coefficient (Wildman–Crippen LogP) is 4.17. The molecule has 0 aliphatic rings. The van der Waals surface area contributed by atoms with E-state index in [1.165, 1.54) is 0 Å². The van der Waals surface area contributed by atoms with E-state index in [4.69, 9.17) is 9.16 Å². The summed E-state index contributed by atoms with van der Waals surface area (Å²) in [7, 11) is -0.298. The van der Waals surface area contributed by atoms with Crippen LogP contribution in [0.4, 0.5) is 0 Å². The Labute approximate surface area is 120 Å². The lowest BCUT2D eigenvalue weighted by molar-refractivity contribution is -0.132. The number of aldehydes is 1. The van der Waals surface area contributed by atoms with Gasteiger partial charge in [-0.2, -0.15) is 0 Å². The molecule has 0 saturated heterocycles.